The van der Waals surface area contributed by atoms with Crippen LogP contribution in [-0.2, 0) is 0 Å². The van der Waals surface area contributed by atoms with Crippen LogP contribution in [0.5, 0.6) is 0 Å². The van der Waals surface area contributed by atoms with Crippen LogP contribution in [0, 0.1) is 10.1 Å². The Labute approximate surface area is 124 Å². The fraction of sp³-hybridized carbons (Fsp3) is 0.417. The van der Waals surface area contributed by atoms with Gasteiger partial charge in [0.15, 0.2) is 0 Å². The molecule has 0 atom stereocenters. The summed E-state index contributed by atoms with van der Waals surface area (Å²) in [5.74, 6) is -0.733. The van der Waals surface area contributed by atoms with Crippen LogP contribution in [0.1, 0.15) is 10.4 Å². The van der Waals surface area contributed by atoms with Gasteiger partial charge < -0.3 is 20.6 Å². The maximum absolute atomic E-state index is 12.0. The molecule has 116 valence electrons. The minimum absolute atomic E-state index is 0.000718. The maximum atomic E-state index is 12.0. The lowest BCUT2D eigenvalue weighted by Gasteiger charge is -2.28. The van der Waals surface area contributed by atoms with Crippen molar-refractivity contribution in [2.45, 2.75) is 10.4 Å². The molecule has 1 aromatic rings. The second kappa shape index (κ2) is 7.36. The summed E-state index contributed by atoms with van der Waals surface area (Å²) in [6.45, 7) is -2.01. The number of rotatable bonds is 7. The molecule has 1 amide bonds. The van der Waals surface area contributed by atoms with Crippen molar-refractivity contribution in [1.82, 2.24) is 5.32 Å². The third kappa shape index (κ3) is 3.91. The number of benzene rings is 1. The first kappa shape index (κ1) is 17.4. The molecule has 0 aliphatic heterocycles. The van der Waals surface area contributed by atoms with Crippen LogP contribution < -0.4 is 5.32 Å². The van der Waals surface area contributed by atoms with Crippen molar-refractivity contribution >= 4 is 23.4 Å². The molecule has 0 bridgehead atoms. The van der Waals surface area contributed by atoms with Gasteiger partial charge in [-0.2, -0.15) is 0 Å². The Balaban J connectivity index is 3.08. The number of amides is 1. The second-order valence-electron chi connectivity index (χ2n) is 4.35. The number of thioether (sulfide) groups is 1. The Morgan fingerprint density at radius 1 is 1.33 bits per heavy atom. The average Bonchev–Trinajstić information content (AvgIpc) is 2.51. The van der Waals surface area contributed by atoms with E-state index >= 15 is 0 Å². The van der Waals surface area contributed by atoms with E-state index in [0.29, 0.717) is 4.90 Å². The van der Waals surface area contributed by atoms with Crippen molar-refractivity contribution < 1.29 is 25.0 Å². The van der Waals surface area contributed by atoms with Gasteiger partial charge in [-0.25, -0.2) is 0 Å². The highest BCUT2D eigenvalue weighted by Gasteiger charge is 2.31. The van der Waals surface area contributed by atoms with Crippen molar-refractivity contribution in [2.24, 2.45) is 0 Å². The lowest BCUT2D eigenvalue weighted by atomic mass is 10.0. The van der Waals surface area contributed by atoms with E-state index in [1.165, 1.54) is 23.9 Å². The van der Waals surface area contributed by atoms with Crippen LogP contribution in [0.3, 0.4) is 0 Å². The van der Waals surface area contributed by atoms with Gasteiger partial charge in [0.25, 0.3) is 11.6 Å². The fourth-order valence-corrected chi connectivity index (χ4v) is 2.10. The highest BCUT2D eigenvalue weighted by Crippen LogP contribution is 2.28. The third-order valence-corrected chi connectivity index (χ3v) is 3.71. The summed E-state index contributed by atoms with van der Waals surface area (Å²) < 4.78 is 0. The summed E-state index contributed by atoms with van der Waals surface area (Å²) in [5.41, 5.74) is -1.79. The minimum atomic E-state index is -1.58. The predicted molar refractivity (Wildman–Crippen MR) is 76.3 cm³/mol. The average molecular weight is 316 g/mol. The number of nitrogens with one attached hydrogen (secondary N) is 1. The molecule has 9 heteroatoms. The second-order valence-corrected chi connectivity index (χ2v) is 5.20. The smallest absolute Gasteiger partial charge is 0.283 e. The lowest BCUT2D eigenvalue weighted by molar-refractivity contribution is -0.387. The first-order valence-corrected chi connectivity index (χ1v) is 7.13. The Morgan fingerprint density at radius 3 is 2.33 bits per heavy atom. The molecule has 0 spiro atoms. The summed E-state index contributed by atoms with van der Waals surface area (Å²) in [6, 6.07) is 3.94. The molecule has 0 saturated heterocycles. The van der Waals surface area contributed by atoms with E-state index in [4.69, 9.17) is 15.3 Å². The Kier molecular flexibility index (Phi) is 6.09. The van der Waals surface area contributed by atoms with E-state index < -0.39 is 36.2 Å². The zero-order valence-electron chi connectivity index (χ0n) is 11.3. The van der Waals surface area contributed by atoms with Crippen molar-refractivity contribution in [3.63, 3.8) is 0 Å². The minimum Gasteiger partial charge on any atom is -0.394 e. The van der Waals surface area contributed by atoms with Crippen LogP contribution in [0.4, 0.5) is 5.69 Å². The van der Waals surface area contributed by atoms with Crippen molar-refractivity contribution in [3.05, 3.63) is 33.9 Å². The van der Waals surface area contributed by atoms with Crippen molar-refractivity contribution in [1.29, 1.82) is 0 Å². The molecule has 0 aliphatic rings. The van der Waals surface area contributed by atoms with Crippen LogP contribution in [0.2, 0.25) is 0 Å². The van der Waals surface area contributed by atoms with E-state index in [9.17, 15) is 14.9 Å². The molecule has 0 heterocycles. The van der Waals surface area contributed by atoms with Crippen molar-refractivity contribution in [3.8, 4) is 0 Å². The highest BCUT2D eigenvalue weighted by molar-refractivity contribution is 7.98. The van der Waals surface area contributed by atoms with Crippen LogP contribution >= 0.6 is 11.8 Å². The SMILES string of the molecule is CSc1ccc(C(=O)NC(CO)(CO)CO)cc1[N+](=O)[O-]. The number of hydrogen-bond acceptors (Lipinski definition) is 7. The number of carbonyl (C=O) groups is 1. The zero-order chi connectivity index (χ0) is 16.0. The van der Waals surface area contributed by atoms with E-state index in [-0.39, 0.29) is 11.3 Å². The molecular formula is C12H16N2O6S. The largest absolute Gasteiger partial charge is 0.394 e. The van der Waals surface area contributed by atoms with Gasteiger partial charge in [-0.1, -0.05) is 0 Å². The van der Waals surface area contributed by atoms with E-state index in [1.807, 2.05) is 0 Å². The third-order valence-electron chi connectivity index (χ3n) is 2.92. The summed E-state index contributed by atoms with van der Waals surface area (Å²) in [6.07, 6.45) is 1.68. The molecule has 0 saturated carbocycles. The number of hydrogen-bond donors (Lipinski definition) is 4. The molecule has 0 aromatic heterocycles. The lowest BCUT2D eigenvalue weighted by Crippen LogP contribution is -2.57. The number of nitro benzene ring substituents is 1. The number of aliphatic hydroxyl groups excluding tert-OH is 3. The fourth-order valence-electron chi connectivity index (χ4n) is 1.56. The van der Waals surface area contributed by atoms with Crippen LogP contribution in [-0.4, -0.2) is 57.8 Å². The van der Waals surface area contributed by atoms with Crippen LogP contribution in [0.25, 0.3) is 0 Å². The van der Waals surface area contributed by atoms with Gasteiger partial charge in [-0.05, 0) is 18.4 Å². The highest BCUT2D eigenvalue weighted by atomic mass is 32.2. The molecule has 0 radical (unpaired) electrons. The van der Waals surface area contributed by atoms with E-state index in [0.717, 1.165) is 6.07 Å². The summed E-state index contributed by atoms with van der Waals surface area (Å²) in [7, 11) is 0. The topological polar surface area (TPSA) is 133 Å². The molecule has 0 fully saturated rings. The van der Waals surface area contributed by atoms with Gasteiger partial charge in [0, 0.05) is 11.6 Å². The van der Waals surface area contributed by atoms with Gasteiger partial charge in [0.2, 0.25) is 0 Å². The van der Waals surface area contributed by atoms with Crippen LogP contribution in [0.15, 0.2) is 23.1 Å². The van der Waals surface area contributed by atoms with Gasteiger partial charge in [0.1, 0.15) is 5.54 Å². The van der Waals surface area contributed by atoms with Crippen molar-refractivity contribution in [2.75, 3.05) is 26.1 Å². The summed E-state index contributed by atoms with van der Waals surface area (Å²) >= 11 is 1.18. The Bertz CT molecular complexity index is 524. The molecule has 21 heavy (non-hydrogen) atoms. The van der Waals surface area contributed by atoms with Gasteiger partial charge in [0.05, 0.1) is 29.6 Å². The maximum Gasteiger partial charge on any atom is 0.283 e. The molecule has 8 nitrogen and oxygen atoms in total. The van der Waals surface area contributed by atoms with Gasteiger partial charge in [-0.3, -0.25) is 14.9 Å². The number of nitro groups is 1. The molecular weight excluding hydrogens is 300 g/mol. The normalized spacial score (nSPS) is 11.2. The monoisotopic (exact) mass is 316 g/mol. The standard InChI is InChI=1S/C12H16N2O6S/c1-21-10-3-2-8(4-9(10)14(19)20)11(18)13-12(5-15,6-16)7-17/h2-4,15-17H,5-7H2,1H3,(H,13,18). The predicted octanol–water partition coefficient (Wildman–Crippen LogP) is -0.238. The summed E-state index contributed by atoms with van der Waals surface area (Å²) in [4.78, 5) is 22.8. The van der Waals surface area contributed by atoms with E-state index in [2.05, 4.69) is 5.32 Å². The van der Waals surface area contributed by atoms with Gasteiger partial charge in [-0.15, -0.1) is 11.8 Å². The molecule has 1 aromatic carbocycles. The number of carbonyl (C=O) groups excluding carboxylic acids is 1. The molecule has 0 unspecified atom stereocenters. The van der Waals surface area contributed by atoms with E-state index in [1.54, 1.807) is 6.26 Å². The molecule has 0 aliphatic carbocycles. The quantitative estimate of drug-likeness (QED) is 0.310. The van der Waals surface area contributed by atoms with Gasteiger partial charge >= 0.3 is 0 Å². The number of aliphatic hydroxyl groups is 3. The number of nitrogens with zero attached hydrogens (tertiary/aromatic N) is 1. The molecule has 1 rings (SSSR count). The first-order chi connectivity index (χ1) is 9.92. The Morgan fingerprint density at radius 2 is 1.90 bits per heavy atom. The first-order valence-electron chi connectivity index (χ1n) is 5.90. The molecule has 4 N–H and O–H groups in total. The summed E-state index contributed by atoms with van der Waals surface area (Å²) in [5, 5.41) is 40.7. The Hall–Kier alpha value is -1.68. The zero-order valence-corrected chi connectivity index (χ0v) is 12.1.